The van der Waals surface area contributed by atoms with Gasteiger partial charge in [0.1, 0.15) is 0 Å². The van der Waals surface area contributed by atoms with Gasteiger partial charge >= 0.3 is 23.8 Å². The van der Waals surface area contributed by atoms with Gasteiger partial charge in [-0.05, 0) is 12.1 Å². The summed E-state index contributed by atoms with van der Waals surface area (Å²) in [7, 11) is 0. The Morgan fingerprint density at radius 3 is 1.32 bits per heavy atom. The van der Waals surface area contributed by atoms with Crippen LogP contribution in [0.15, 0.2) is 36.4 Å². The predicted octanol–water partition coefficient (Wildman–Crippen LogP) is 0.508. The number of carboxylic acid groups (broad SMARTS) is 2. The van der Waals surface area contributed by atoms with Crippen molar-refractivity contribution in [1.29, 1.82) is 0 Å². The van der Waals surface area contributed by atoms with Crippen molar-refractivity contribution in [3.05, 3.63) is 58.7 Å². The van der Waals surface area contributed by atoms with Gasteiger partial charge in [-0.15, -0.1) is 0 Å². The quantitative estimate of drug-likeness (QED) is 0.465. The van der Waals surface area contributed by atoms with Crippen LogP contribution < -0.4 is 10.6 Å². The van der Waals surface area contributed by atoms with Gasteiger partial charge in [0, 0.05) is 11.1 Å². The lowest BCUT2D eigenvalue weighted by molar-refractivity contribution is -0.147. The molecule has 28 heavy (non-hydrogen) atoms. The van der Waals surface area contributed by atoms with Crippen LogP contribution in [0.25, 0.3) is 0 Å². The molecule has 4 N–H and O–H groups in total. The van der Waals surface area contributed by atoms with E-state index >= 15 is 0 Å². The Labute approximate surface area is 155 Å². The van der Waals surface area contributed by atoms with Crippen LogP contribution in [0.2, 0.25) is 0 Å². The topological polar surface area (TPSA) is 167 Å². The maximum absolute atomic E-state index is 12.9. The molecule has 0 aliphatic heterocycles. The Kier molecular flexibility index (Phi) is 4.45. The summed E-state index contributed by atoms with van der Waals surface area (Å²) in [6, 6.07) is 7.81. The molecule has 0 radical (unpaired) electrons. The van der Waals surface area contributed by atoms with Crippen LogP contribution in [0.4, 0.5) is 11.4 Å². The molecule has 2 amide bonds. The van der Waals surface area contributed by atoms with Crippen LogP contribution in [-0.4, -0.2) is 45.5 Å². The molecule has 0 saturated heterocycles. The molecule has 2 aromatic rings. The molecule has 0 aromatic heterocycles. The number of amides is 2. The van der Waals surface area contributed by atoms with Crippen LogP contribution in [-0.2, 0) is 19.2 Å². The smallest absolute Gasteiger partial charge is 0.394 e. The van der Waals surface area contributed by atoms with Crippen molar-refractivity contribution in [3.63, 3.8) is 0 Å². The monoisotopic (exact) mass is 382 g/mol. The number of benzene rings is 2. The minimum atomic E-state index is -1.77. The number of rotatable bonds is 2. The average Bonchev–Trinajstić information content (AvgIpc) is 2.65. The summed E-state index contributed by atoms with van der Waals surface area (Å²) in [6.07, 6.45) is 0. The van der Waals surface area contributed by atoms with Gasteiger partial charge in [0.05, 0.1) is 22.5 Å². The summed E-state index contributed by atoms with van der Waals surface area (Å²) >= 11 is 0. The lowest BCUT2D eigenvalue weighted by atomic mass is 9.82. The van der Waals surface area contributed by atoms with Gasteiger partial charge in [0.25, 0.3) is 0 Å². The number of aliphatic carboxylic acids is 2. The molecular formula is C18H10N2O8. The summed E-state index contributed by atoms with van der Waals surface area (Å²) in [5.74, 6) is -7.71. The van der Waals surface area contributed by atoms with Gasteiger partial charge in [-0.2, -0.15) is 0 Å². The summed E-state index contributed by atoms with van der Waals surface area (Å²) in [5, 5.41) is 21.6. The van der Waals surface area contributed by atoms with E-state index in [2.05, 4.69) is 10.6 Å². The number of carbonyl (C=O) groups is 6. The highest BCUT2D eigenvalue weighted by molar-refractivity contribution is 6.39. The molecule has 0 spiro atoms. The van der Waals surface area contributed by atoms with E-state index in [1.165, 1.54) is 36.4 Å². The Bertz CT molecular complexity index is 1020. The third-order valence-electron chi connectivity index (χ3n) is 3.96. The molecule has 0 heterocycles. The second kappa shape index (κ2) is 6.76. The molecule has 1 aliphatic carbocycles. The highest BCUT2D eigenvalue weighted by Crippen LogP contribution is 2.35. The molecule has 140 valence electrons. The SMILES string of the molecule is O=C(O)C(=O)Nc1cccc2c1C(=O)c1cccc(NC(=O)C(=O)O)c1C2=O. The molecule has 10 nitrogen and oxygen atoms in total. The second-order valence-corrected chi connectivity index (χ2v) is 5.63. The maximum Gasteiger partial charge on any atom is 0.394 e. The molecule has 1 aliphatic rings. The fourth-order valence-corrected chi connectivity index (χ4v) is 2.80. The van der Waals surface area contributed by atoms with Crippen molar-refractivity contribution in [3.8, 4) is 0 Å². The van der Waals surface area contributed by atoms with E-state index in [-0.39, 0.29) is 33.6 Å². The van der Waals surface area contributed by atoms with E-state index in [0.717, 1.165) is 0 Å². The summed E-state index contributed by atoms with van der Waals surface area (Å²) in [4.78, 5) is 70.3. The Morgan fingerprint density at radius 2 is 1.00 bits per heavy atom. The molecule has 0 fully saturated rings. The summed E-state index contributed by atoms with van der Waals surface area (Å²) in [5.41, 5.74) is -0.967. The van der Waals surface area contributed by atoms with Crippen LogP contribution in [0.1, 0.15) is 31.8 Å². The van der Waals surface area contributed by atoms with Crippen molar-refractivity contribution in [2.75, 3.05) is 10.6 Å². The van der Waals surface area contributed by atoms with Crippen LogP contribution >= 0.6 is 0 Å². The van der Waals surface area contributed by atoms with Crippen LogP contribution in [0.5, 0.6) is 0 Å². The fraction of sp³-hybridized carbons (Fsp3) is 0. The Hall–Kier alpha value is -4.34. The first-order chi connectivity index (χ1) is 13.2. The highest BCUT2D eigenvalue weighted by atomic mass is 16.4. The maximum atomic E-state index is 12.9. The van der Waals surface area contributed by atoms with Crippen molar-refractivity contribution in [2.45, 2.75) is 0 Å². The van der Waals surface area contributed by atoms with E-state index in [1.54, 1.807) is 0 Å². The Balaban J connectivity index is 2.13. The lowest BCUT2D eigenvalue weighted by Gasteiger charge is -2.22. The first-order valence-corrected chi connectivity index (χ1v) is 7.66. The van der Waals surface area contributed by atoms with Crippen LogP contribution in [0, 0.1) is 0 Å². The zero-order valence-corrected chi connectivity index (χ0v) is 13.8. The van der Waals surface area contributed by atoms with Crippen molar-refractivity contribution >= 4 is 46.7 Å². The third kappa shape index (κ3) is 2.98. The number of carboxylic acids is 2. The van der Waals surface area contributed by atoms with E-state index in [0.29, 0.717) is 0 Å². The lowest BCUT2D eigenvalue weighted by Crippen LogP contribution is -2.28. The van der Waals surface area contributed by atoms with E-state index in [9.17, 15) is 28.8 Å². The summed E-state index contributed by atoms with van der Waals surface area (Å²) < 4.78 is 0. The second-order valence-electron chi connectivity index (χ2n) is 5.63. The number of carbonyl (C=O) groups excluding carboxylic acids is 4. The zero-order chi connectivity index (χ0) is 20.6. The van der Waals surface area contributed by atoms with Crippen molar-refractivity contribution < 1.29 is 39.0 Å². The summed E-state index contributed by atoms with van der Waals surface area (Å²) in [6.45, 7) is 0. The molecular weight excluding hydrogens is 372 g/mol. The minimum Gasteiger partial charge on any atom is -0.474 e. The Morgan fingerprint density at radius 1 is 0.643 bits per heavy atom. The van der Waals surface area contributed by atoms with Gasteiger partial charge in [0.15, 0.2) is 11.6 Å². The van der Waals surface area contributed by atoms with Gasteiger partial charge < -0.3 is 20.8 Å². The largest absolute Gasteiger partial charge is 0.474 e. The number of hydrogen-bond donors (Lipinski definition) is 4. The number of nitrogens with one attached hydrogen (secondary N) is 2. The van der Waals surface area contributed by atoms with E-state index in [1.807, 2.05) is 0 Å². The van der Waals surface area contributed by atoms with Gasteiger partial charge in [-0.3, -0.25) is 19.2 Å². The van der Waals surface area contributed by atoms with E-state index in [4.69, 9.17) is 10.2 Å². The first kappa shape index (κ1) is 18.5. The fourth-order valence-electron chi connectivity index (χ4n) is 2.80. The number of anilines is 2. The molecule has 3 rings (SSSR count). The number of fused-ring (bicyclic) bond motifs is 2. The number of ketones is 2. The van der Waals surface area contributed by atoms with Crippen LogP contribution in [0.3, 0.4) is 0 Å². The molecule has 0 atom stereocenters. The van der Waals surface area contributed by atoms with Gasteiger partial charge in [0.2, 0.25) is 0 Å². The highest BCUT2D eigenvalue weighted by Gasteiger charge is 2.34. The van der Waals surface area contributed by atoms with Crippen molar-refractivity contribution in [1.82, 2.24) is 0 Å². The van der Waals surface area contributed by atoms with Gasteiger partial charge in [-0.1, -0.05) is 24.3 Å². The first-order valence-electron chi connectivity index (χ1n) is 7.66. The molecule has 0 saturated carbocycles. The van der Waals surface area contributed by atoms with Gasteiger partial charge in [-0.25, -0.2) is 9.59 Å². The minimum absolute atomic E-state index is 0.127. The average molecular weight is 382 g/mol. The third-order valence-corrected chi connectivity index (χ3v) is 3.96. The predicted molar refractivity (Wildman–Crippen MR) is 92.3 cm³/mol. The van der Waals surface area contributed by atoms with E-state index < -0.39 is 35.3 Å². The molecule has 0 unspecified atom stereocenters. The van der Waals surface area contributed by atoms with Crippen molar-refractivity contribution in [2.24, 2.45) is 0 Å². The normalized spacial score (nSPS) is 11.9. The number of hydrogen-bond acceptors (Lipinski definition) is 6. The molecule has 0 bridgehead atoms. The molecule has 2 aromatic carbocycles. The molecule has 10 heteroatoms. The zero-order valence-electron chi connectivity index (χ0n) is 13.8. The standard InChI is InChI=1S/C18H10N2O8/c21-13-7-3-1-5-9(19-15(23)17(25)26)11(7)14(22)8-4-2-6-10(12(8)13)20-16(24)18(27)28/h1-6H,(H,19,23)(H,20,24)(H,25,26)(H,27,28).